The first-order chi connectivity index (χ1) is 17.5. The van der Waals surface area contributed by atoms with Crippen molar-refractivity contribution in [2.75, 3.05) is 37.8 Å². The van der Waals surface area contributed by atoms with Gasteiger partial charge in [0.05, 0.1) is 12.7 Å². The molecule has 5 rings (SSSR count). The number of amides is 1. The average Bonchev–Trinajstić information content (AvgIpc) is 3.29. The Balaban J connectivity index is 1.30. The van der Waals surface area contributed by atoms with Gasteiger partial charge in [0.1, 0.15) is 5.82 Å². The Hall–Kier alpha value is -1.83. The van der Waals surface area contributed by atoms with E-state index >= 15 is 4.39 Å². The smallest absolute Gasteiger partial charge is 0.222 e. The normalized spacial score (nSPS) is 25.4. The van der Waals surface area contributed by atoms with Crippen molar-refractivity contribution in [2.24, 2.45) is 5.92 Å². The summed E-state index contributed by atoms with van der Waals surface area (Å²) in [6.07, 6.45) is 4.52. The molecule has 1 amide bonds. The van der Waals surface area contributed by atoms with E-state index < -0.39 is 17.0 Å². The highest BCUT2D eigenvalue weighted by atomic mass is 35.5. The largest absolute Gasteiger partial charge is 0.490 e. The Morgan fingerprint density at radius 3 is 2.69 bits per heavy atom. The van der Waals surface area contributed by atoms with Crippen molar-refractivity contribution >= 4 is 29.3 Å². The molecule has 36 heavy (non-hydrogen) atoms. The number of ether oxygens (including phenoxy) is 2. The van der Waals surface area contributed by atoms with Crippen LogP contribution in [0.5, 0.6) is 5.75 Å². The summed E-state index contributed by atoms with van der Waals surface area (Å²) in [4.78, 5) is 13.7. The van der Waals surface area contributed by atoms with E-state index in [1.54, 1.807) is 0 Å². The van der Waals surface area contributed by atoms with Crippen molar-refractivity contribution in [2.45, 2.75) is 50.0 Å². The number of hydrogen-bond donors (Lipinski definition) is 0. The molecule has 0 unspecified atom stereocenters. The van der Waals surface area contributed by atoms with Gasteiger partial charge >= 0.3 is 0 Å². The molecule has 0 saturated carbocycles. The maximum absolute atomic E-state index is 15.4. The second-order valence-corrected chi connectivity index (χ2v) is 11.7. The van der Waals surface area contributed by atoms with Gasteiger partial charge in [-0.15, -0.1) is 0 Å². The molecule has 2 aromatic rings. The van der Waals surface area contributed by atoms with Gasteiger partial charge in [-0.1, -0.05) is 23.7 Å². The summed E-state index contributed by atoms with van der Waals surface area (Å²) in [5.74, 6) is 1.18. The lowest BCUT2D eigenvalue weighted by atomic mass is 9.60. The molecule has 2 saturated heterocycles. The Bertz CT molecular complexity index is 1090. The molecule has 3 heterocycles. The van der Waals surface area contributed by atoms with E-state index in [4.69, 9.17) is 21.1 Å². The summed E-state index contributed by atoms with van der Waals surface area (Å²) in [6, 6.07) is 9.97. The molecule has 2 fully saturated rings. The number of thioether (sulfide) groups is 1. The van der Waals surface area contributed by atoms with Crippen LogP contribution in [0.4, 0.5) is 8.78 Å². The minimum absolute atomic E-state index is 0.0479. The van der Waals surface area contributed by atoms with Gasteiger partial charge in [-0.25, -0.2) is 8.78 Å². The first-order valence-corrected chi connectivity index (χ1v) is 14.3. The number of carbonyl (C=O) groups is 1. The number of rotatable bonds is 9. The third-order valence-electron chi connectivity index (χ3n) is 7.87. The molecule has 3 atom stereocenters. The first-order valence-electron chi connectivity index (χ1n) is 12.8. The predicted molar refractivity (Wildman–Crippen MR) is 139 cm³/mol. The summed E-state index contributed by atoms with van der Waals surface area (Å²) in [5.41, 5.74) is 0.773. The van der Waals surface area contributed by atoms with Gasteiger partial charge in [0, 0.05) is 48.0 Å². The number of likely N-dealkylation sites (tertiary alicyclic amines) is 1. The summed E-state index contributed by atoms with van der Waals surface area (Å²) < 4.78 is 42.2. The van der Waals surface area contributed by atoms with Gasteiger partial charge in [-0.3, -0.25) is 4.79 Å². The summed E-state index contributed by atoms with van der Waals surface area (Å²) >= 11 is 7.97. The minimum Gasteiger partial charge on any atom is -0.490 e. The van der Waals surface area contributed by atoms with Gasteiger partial charge in [0.2, 0.25) is 5.91 Å². The standard InChI is InChI=1S/C28H32ClF2NO3S/c29-20-6-4-19(5-7-20)17-28-11-14-34-24(10-16-36-15-2-13-32-12-1-3-25(32)33)21(28)18-35-27-23(31)9-8-22(30)26(27)28/h4-9,21,24H,1-3,10-18H2/t21-,24-,28-/m0/s1. The molecule has 0 N–H and O–H groups in total. The number of benzene rings is 2. The molecule has 194 valence electrons. The lowest BCUT2D eigenvalue weighted by Gasteiger charge is -2.51. The zero-order valence-electron chi connectivity index (χ0n) is 20.3. The molecule has 0 spiro atoms. The van der Waals surface area contributed by atoms with Crippen LogP contribution in [0.25, 0.3) is 0 Å². The predicted octanol–water partition coefficient (Wildman–Crippen LogP) is 6.03. The molecule has 0 aliphatic carbocycles. The van der Waals surface area contributed by atoms with Crippen molar-refractivity contribution in [3.05, 3.63) is 64.2 Å². The average molecular weight is 536 g/mol. The van der Waals surface area contributed by atoms with Crippen molar-refractivity contribution in [1.29, 1.82) is 0 Å². The second kappa shape index (κ2) is 11.3. The van der Waals surface area contributed by atoms with Crippen LogP contribution in [0.2, 0.25) is 5.02 Å². The van der Waals surface area contributed by atoms with Crippen molar-refractivity contribution in [3.63, 3.8) is 0 Å². The highest BCUT2D eigenvalue weighted by Gasteiger charge is 2.53. The SMILES string of the molecule is O=C1CCCN1CCCSCC[C@@H]1OCC[C@@]2(Cc3ccc(Cl)cc3)c3c(F)ccc(F)c3OC[C@@H]12. The molecular formula is C28H32ClF2NO3S. The van der Waals surface area contributed by atoms with Gasteiger partial charge in [-0.2, -0.15) is 11.8 Å². The summed E-state index contributed by atoms with van der Waals surface area (Å²) in [6.45, 7) is 2.50. The van der Waals surface area contributed by atoms with Crippen LogP contribution in [0, 0.1) is 17.6 Å². The van der Waals surface area contributed by atoms with Crippen LogP contribution in [-0.2, 0) is 21.4 Å². The van der Waals surface area contributed by atoms with Gasteiger partial charge < -0.3 is 14.4 Å². The van der Waals surface area contributed by atoms with Crippen LogP contribution < -0.4 is 4.74 Å². The molecule has 3 aliphatic rings. The minimum atomic E-state index is -0.614. The molecule has 8 heteroatoms. The van der Waals surface area contributed by atoms with Crippen LogP contribution in [0.3, 0.4) is 0 Å². The number of carbonyl (C=O) groups excluding carboxylic acids is 1. The number of hydrogen-bond acceptors (Lipinski definition) is 4. The maximum atomic E-state index is 15.4. The topological polar surface area (TPSA) is 38.8 Å². The molecular weight excluding hydrogens is 504 g/mol. The lowest BCUT2D eigenvalue weighted by Crippen LogP contribution is -2.55. The van der Waals surface area contributed by atoms with E-state index in [1.165, 1.54) is 6.07 Å². The number of fused-ring (bicyclic) bond motifs is 3. The van der Waals surface area contributed by atoms with E-state index in [2.05, 4.69) is 0 Å². The maximum Gasteiger partial charge on any atom is 0.222 e. The van der Waals surface area contributed by atoms with E-state index in [-0.39, 0.29) is 23.7 Å². The van der Waals surface area contributed by atoms with E-state index in [9.17, 15) is 9.18 Å². The van der Waals surface area contributed by atoms with Gasteiger partial charge in [0.15, 0.2) is 11.6 Å². The Morgan fingerprint density at radius 2 is 1.92 bits per heavy atom. The Labute approximate surface area is 220 Å². The van der Waals surface area contributed by atoms with E-state index in [1.807, 2.05) is 40.9 Å². The molecule has 0 aromatic heterocycles. The van der Waals surface area contributed by atoms with Gasteiger partial charge in [-0.05, 0) is 73.4 Å². The Morgan fingerprint density at radius 1 is 1.11 bits per heavy atom. The van der Waals surface area contributed by atoms with Crippen LogP contribution >= 0.6 is 23.4 Å². The third-order valence-corrected chi connectivity index (χ3v) is 9.22. The molecule has 0 bridgehead atoms. The highest BCUT2D eigenvalue weighted by Crippen LogP contribution is 2.52. The number of nitrogens with zero attached hydrogens (tertiary/aromatic N) is 1. The summed E-state index contributed by atoms with van der Waals surface area (Å²) in [7, 11) is 0. The fourth-order valence-electron chi connectivity index (χ4n) is 6.10. The number of halogens is 3. The lowest BCUT2D eigenvalue weighted by molar-refractivity contribution is -0.127. The monoisotopic (exact) mass is 535 g/mol. The fourth-order valence-corrected chi connectivity index (χ4v) is 7.16. The zero-order valence-corrected chi connectivity index (χ0v) is 21.9. The van der Waals surface area contributed by atoms with Crippen LogP contribution in [0.15, 0.2) is 36.4 Å². The van der Waals surface area contributed by atoms with E-state index in [0.717, 1.165) is 55.5 Å². The molecule has 3 aliphatic heterocycles. The molecule has 0 radical (unpaired) electrons. The van der Waals surface area contributed by atoms with Crippen LogP contribution in [0.1, 0.15) is 43.2 Å². The van der Waals surface area contributed by atoms with Crippen molar-refractivity contribution in [3.8, 4) is 5.75 Å². The quantitative estimate of drug-likeness (QED) is 0.367. The zero-order chi connectivity index (χ0) is 25.1. The van der Waals surface area contributed by atoms with Crippen molar-refractivity contribution in [1.82, 2.24) is 4.90 Å². The molecule has 4 nitrogen and oxygen atoms in total. The van der Waals surface area contributed by atoms with Crippen molar-refractivity contribution < 1.29 is 23.0 Å². The Kier molecular flexibility index (Phi) is 8.08. The van der Waals surface area contributed by atoms with Crippen LogP contribution in [-0.4, -0.2) is 54.7 Å². The summed E-state index contributed by atoms with van der Waals surface area (Å²) in [5, 5.41) is 0.647. The van der Waals surface area contributed by atoms with E-state index in [0.29, 0.717) is 43.1 Å². The first kappa shape index (κ1) is 25.8. The van der Waals surface area contributed by atoms with Gasteiger partial charge in [0.25, 0.3) is 0 Å². The second-order valence-electron chi connectivity index (χ2n) is 10.0. The third kappa shape index (κ3) is 5.25. The highest BCUT2D eigenvalue weighted by molar-refractivity contribution is 7.99. The molecule has 2 aromatic carbocycles. The fraction of sp³-hybridized carbons (Fsp3) is 0.536.